The molecule has 0 aliphatic carbocycles. The average molecular weight is 246 g/mol. The zero-order valence-electron chi connectivity index (χ0n) is 9.14. The average Bonchev–Trinajstić information content (AvgIpc) is 2.76. The fraction of sp³-hybridized carbons (Fsp3) is 0.0769. The predicted octanol–water partition coefficient (Wildman–Crippen LogP) is 3.23. The summed E-state index contributed by atoms with van der Waals surface area (Å²) < 4.78 is 0. The van der Waals surface area contributed by atoms with Crippen LogP contribution in [0.4, 0.5) is 0 Å². The van der Waals surface area contributed by atoms with E-state index in [-0.39, 0.29) is 0 Å². The number of carboxylic acid groups (broad SMARTS) is 1. The molecule has 1 aromatic heterocycles. The molecule has 2 aromatic rings. The third-order valence-corrected chi connectivity index (χ3v) is 3.39. The molecule has 0 fully saturated rings. The third-order valence-electron chi connectivity index (χ3n) is 2.53. The van der Waals surface area contributed by atoms with Crippen molar-refractivity contribution >= 4 is 23.6 Å². The van der Waals surface area contributed by atoms with Crippen LogP contribution in [0.5, 0.6) is 0 Å². The number of carbonyl (C=O) groups excluding carboxylic acids is 1. The minimum atomic E-state index is -0.947. The van der Waals surface area contributed by atoms with E-state index in [4.69, 9.17) is 0 Å². The summed E-state index contributed by atoms with van der Waals surface area (Å²) >= 11 is 1.31. The van der Waals surface area contributed by atoms with E-state index in [0.717, 1.165) is 11.8 Å². The van der Waals surface area contributed by atoms with E-state index in [9.17, 15) is 14.7 Å². The minimum Gasteiger partial charge on any atom is -0.478 e. The van der Waals surface area contributed by atoms with Crippen LogP contribution in [0, 0.1) is 6.92 Å². The second-order valence-electron chi connectivity index (χ2n) is 3.66. The Balaban J connectivity index is 2.62. The van der Waals surface area contributed by atoms with Crippen LogP contribution in [0.15, 0.2) is 29.6 Å². The van der Waals surface area contributed by atoms with Gasteiger partial charge in [-0.25, -0.2) is 4.79 Å². The summed E-state index contributed by atoms with van der Waals surface area (Å²) in [5, 5.41) is 11.0. The Morgan fingerprint density at radius 3 is 2.76 bits per heavy atom. The van der Waals surface area contributed by atoms with Crippen LogP contribution in [0.25, 0.3) is 11.1 Å². The maximum Gasteiger partial charge on any atom is 0.336 e. The van der Waals surface area contributed by atoms with Gasteiger partial charge in [0.25, 0.3) is 0 Å². The minimum absolute atomic E-state index is 0.294. The highest BCUT2D eigenvalue weighted by Crippen LogP contribution is 2.29. The lowest BCUT2D eigenvalue weighted by molar-refractivity contribution is 0.0697. The Morgan fingerprint density at radius 2 is 2.18 bits per heavy atom. The van der Waals surface area contributed by atoms with E-state index in [0.29, 0.717) is 21.6 Å². The molecule has 0 amide bonds. The molecule has 0 atom stereocenters. The van der Waals surface area contributed by atoms with E-state index in [1.807, 2.05) is 6.07 Å². The zero-order valence-corrected chi connectivity index (χ0v) is 9.95. The largest absolute Gasteiger partial charge is 0.478 e. The molecule has 86 valence electrons. The van der Waals surface area contributed by atoms with Crippen LogP contribution in [0.1, 0.15) is 25.6 Å². The van der Waals surface area contributed by atoms with Gasteiger partial charge in [0, 0.05) is 0 Å². The summed E-state index contributed by atoms with van der Waals surface area (Å²) in [6.45, 7) is 1.76. The molecule has 0 aliphatic rings. The van der Waals surface area contributed by atoms with Crippen LogP contribution in [0.3, 0.4) is 0 Å². The summed E-state index contributed by atoms with van der Waals surface area (Å²) in [6.07, 6.45) is 0.768. The molecular weight excluding hydrogens is 236 g/mol. The highest BCUT2D eigenvalue weighted by molar-refractivity contribution is 7.12. The van der Waals surface area contributed by atoms with E-state index in [1.54, 1.807) is 30.5 Å². The fourth-order valence-corrected chi connectivity index (χ4v) is 2.46. The quantitative estimate of drug-likeness (QED) is 0.846. The lowest BCUT2D eigenvalue weighted by Crippen LogP contribution is -2.02. The number of hydrogen-bond acceptors (Lipinski definition) is 3. The van der Waals surface area contributed by atoms with Gasteiger partial charge in [0.2, 0.25) is 0 Å². The normalized spacial score (nSPS) is 10.2. The molecule has 1 heterocycles. The number of carboxylic acids is 1. The van der Waals surface area contributed by atoms with Crippen molar-refractivity contribution in [3.8, 4) is 11.1 Å². The molecular formula is C13H10O3S. The van der Waals surface area contributed by atoms with Crippen molar-refractivity contribution in [2.45, 2.75) is 6.92 Å². The van der Waals surface area contributed by atoms with Crippen LogP contribution >= 0.6 is 11.3 Å². The van der Waals surface area contributed by atoms with Crippen LogP contribution < -0.4 is 0 Å². The standard InChI is InChI=1S/C13H10O3S/c1-8-3-2-4-11(12(8)13(15)16)9-5-10(6-14)17-7-9/h2-7H,1H3,(H,15,16). The van der Waals surface area contributed by atoms with Crippen LogP contribution in [-0.2, 0) is 0 Å². The van der Waals surface area contributed by atoms with Gasteiger partial charge in [-0.1, -0.05) is 18.2 Å². The summed E-state index contributed by atoms with van der Waals surface area (Å²) in [7, 11) is 0. The summed E-state index contributed by atoms with van der Waals surface area (Å²) in [5.41, 5.74) is 2.44. The highest BCUT2D eigenvalue weighted by atomic mass is 32.1. The Kier molecular flexibility index (Phi) is 3.06. The molecule has 0 radical (unpaired) electrons. The van der Waals surface area contributed by atoms with Gasteiger partial charge in [-0.05, 0) is 35.1 Å². The molecule has 4 heteroatoms. The molecule has 0 aliphatic heterocycles. The summed E-state index contributed by atoms with van der Waals surface area (Å²) in [4.78, 5) is 22.5. The number of aromatic carboxylic acids is 1. The van der Waals surface area contributed by atoms with Gasteiger partial charge >= 0.3 is 5.97 Å². The van der Waals surface area contributed by atoms with Crippen molar-refractivity contribution in [3.05, 3.63) is 45.6 Å². The van der Waals surface area contributed by atoms with Gasteiger partial charge in [0.1, 0.15) is 0 Å². The lowest BCUT2D eigenvalue weighted by Gasteiger charge is -2.06. The number of hydrogen-bond donors (Lipinski definition) is 1. The maximum atomic E-state index is 11.2. The van der Waals surface area contributed by atoms with Gasteiger partial charge in [-0.15, -0.1) is 11.3 Å². The Morgan fingerprint density at radius 1 is 1.41 bits per heavy atom. The molecule has 0 spiro atoms. The van der Waals surface area contributed by atoms with Crippen molar-refractivity contribution in [2.75, 3.05) is 0 Å². The Labute approximate surface area is 102 Å². The molecule has 0 saturated heterocycles. The van der Waals surface area contributed by atoms with Crippen molar-refractivity contribution in [1.29, 1.82) is 0 Å². The predicted molar refractivity (Wildman–Crippen MR) is 66.8 cm³/mol. The van der Waals surface area contributed by atoms with Crippen LogP contribution in [0.2, 0.25) is 0 Å². The van der Waals surface area contributed by atoms with Crippen molar-refractivity contribution in [3.63, 3.8) is 0 Å². The zero-order chi connectivity index (χ0) is 12.4. The van der Waals surface area contributed by atoms with E-state index < -0.39 is 5.97 Å². The highest BCUT2D eigenvalue weighted by Gasteiger charge is 2.15. The SMILES string of the molecule is Cc1cccc(-c2csc(C=O)c2)c1C(=O)O. The first kappa shape index (κ1) is 11.5. The molecule has 1 aromatic carbocycles. The smallest absolute Gasteiger partial charge is 0.336 e. The molecule has 3 nitrogen and oxygen atoms in total. The van der Waals surface area contributed by atoms with Gasteiger partial charge in [-0.3, -0.25) is 4.79 Å². The fourth-order valence-electron chi connectivity index (χ4n) is 1.75. The number of thiophene rings is 1. The van der Waals surface area contributed by atoms with Gasteiger partial charge in [-0.2, -0.15) is 0 Å². The van der Waals surface area contributed by atoms with Crippen LogP contribution in [-0.4, -0.2) is 17.4 Å². The van der Waals surface area contributed by atoms with E-state index >= 15 is 0 Å². The van der Waals surface area contributed by atoms with Gasteiger partial charge in [0.15, 0.2) is 6.29 Å². The number of aryl methyl sites for hydroxylation is 1. The monoisotopic (exact) mass is 246 g/mol. The first-order chi connectivity index (χ1) is 8.13. The number of benzene rings is 1. The first-order valence-electron chi connectivity index (χ1n) is 5.00. The number of carbonyl (C=O) groups is 2. The number of aldehydes is 1. The maximum absolute atomic E-state index is 11.2. The molecule has 0 unspecified atom stereocenters. The van der Waals surface area contributed by atoms with Crippen molar-refractivity contribution in [2.24, 2.45) is 0 Å². The second-order valence-corrected chi connectivity index (χ2v) is 4.60. The Bertz CT molecular complexity index is 584. The first-order valence-corrected chi connectivity index (χ1v) is 5.88. The van der Waals surface area contributed by atoms with Crippen molar-refractivity contribution < 1.29 is 14.7 Å². The van der Waals surface area contributed by atoms with E-state index in [1.165, 1.54) is 11.3 Å². The van der Waals surface area contributed by atoms with Gasteiger partial charge < -0.3 is 5.11 Å². The topological polar surface area (TPSA) is 54.4 Å². The number of rotatable bonds is 3. The molecule has 1 N–H and O–H groups in total. The molecule has 17 heavy (non-hydrogen) atoms. The molecule has 2 rings (SSSR count). The van der Waals surface area contributed by atoms with Crippen molar-refractivity contribution in [1.82, 2.24) is 0 Å². The summed E-state index contributed by atoms with van der Waals surface area (Å²) in [6, 6.07) is 7.04. The molecule has 0 bridgehead atoms. The van der Waals surface area contributed by atoms with E-state index in [2.05, 4.69) is 0 Å². The lowest BCUT2D eigenvalue weighted by atomic mass is 9.98. The second kappa shape index (κ2) is 4.51. The van der Waals surface area contributed by atoms with Gasteiger partial charge in [0.05, 0.1) is 10.4 Å². The molecule has 0 saturated carbocycles. The third kappa shape index (κ3) is 2.12. The Hall–Kier alpha value is -1.94. The summed E-state index contributed by atoms with van der Waals surface area (Å²) in [5.74, 6) is -0.947.